The molecule has 1 aromatic rings. The van der Waals surface area contributed by atoms with E-state index in [1.54, 1.807) is 0 Å². The van der Waals surface area contributed by atoms with Crippen LogP contribution in [0.4, 0.5) is 0 Å². The van der Waals surface area contributed by atoms with Crippen molar-refractivity contribution in [1.82, 2.24) is 13.7 Å². The third kappa shape index (κ3) is 2.64. The van der Waals surface area contributed by atoms with Gasteiger partial charge in [0.25, 0.3) is 0 Å². The summed E-state index contributed by atoms with van der Waals surface area (Å²) in [6, 6.07) is 0. The molecule has 1 aromatic heterocycles. The van der Waals surface area contributed by atoms with E-state index in [0.717, 1.165) is 20.1 Å². The van der Waals surface area contributed by atoms with E-state index in [-0.39, 0.29) is 25.0 Å². The normalized spacial score (nSPS) is 16.0. The van der Waals surface area contributed by atoms with Crippen LogP contribution in [0.1, 0.15) is 13.3 Å². The maximum absolute atomic E-state index is 12.5. The highest BCUT2D eigenvalue weighted by Crippen LogP contribution is 2.32. The summed E-state index contributed by atoms with van der Waals surface area (Å²) >= 11 is 0. The van der Waals surface area contributed by atoms with Crippen LogP contribution >= 0.6 is 0 Å². The van der Waals surface area contributed by atoms with Gasteiger partial charge in [0.1, 0.15) is 0 Å². The summed E-state index contributed by atoms with van der Waals surface area (Å²) in [7, 11) is 0. The van der Waals surface area contributed by atoms with Crippen LogP contribution in [0.2, 0.25) is 0 Å². The maximum atomic E-state index is 12.5. The SMILES string of the molecule is C=CCn1c(=O)n(CC=C)c(=O)n(CC2(CC)COC2)c1=O. The molecule has 2 heterocycles. The Morgan fingerprint density at radius 3 is 1.77 bits per heavy atom. The highest BCUT2D eigenvalue weighted by atomic mass is 16.5. The van der Waals surface area contributed by atoms with Crippen LogP contribution < -0.4 is 17.1 Å². The quantitative estimate of drug-likeness (QED) is 0.663. The number of hydrogen-bond donors (Lipinski definition) is 0. The molecule has 7 heteroatoms. The average Bonchev–Trinajstić information content (AvgIpc) is 2.47. The van der Waals surface area contributed by atoms with Gasteiger partial charge < -0.3 is 4.74 Å². The summed E-state index contributed by atoms with van der Waals surface area (Å²) in [5.74, 6) is 0. The lowest BCUT2D eigenvalue weighted by molar-refractivity contribution is -0.125. The van der Waals surface area contributed by atoms with Crippen LogP contribution in [0, 0.1) is 5.41 Å². The van der Waals surface area contributed by atoms with E-state index in [0.29, 0.717) is 13.2 Å². The molecular weight excluding hydrogens is 286 g/mol. The van der Waals surface area contributed by atoms with E-state index in [1.807, 2.05) is 6.92 Å². The minimum absolute atomic E-state index is 0.0602. The van der Waals surface area contributed by atoms with Crippen LogP contribution in [0.3, 0.4) is 0 Å². The zero-order valence-corrected chi connectivity index (χ0v) is 12.8. The van der Waals surface area contributed by atoms with Crippen molar-refractivity contribution in [1.29, 1.82) is 0 Å². The van der Waals surface area contributed by atoms with Gasteiger partial charge in [-0.3, -0.25) is 0 Å². The summed E-state index contributed by atoms with van der Waals surface area (Å²) in [6.07, 6.45) is 3.71. The van der Waals surface area contributed by atoms with Crippen molar-refractivity contribution in [2.75, 3.05) is 13.2 Å². The fraction of sp³-hybridized carbons (Fsp3) is 0.533. The molecule has 0 saturated carbocycles. The molecule has 1 aliphatic heterocycles. The van der Waals surface area contributed by atoms with E-state index < -0.39 is 17.1 Å². The zero-order chi connectivity index (χ0) is 16.3. The number of ether oxygens (including phenoxy) is 1. The van der Waals surface area contributed by atoms with E-state index in [2.05, 4.69) is 13.2 Å². The molecule has 120 valence electrons. The summed E-state index contributed by atoms with van der Waals surface area (Å²) in [6.45, 7) is 10.5. The molecule has 1 fully saturated rings. The lowest BCUT2D eigenvalue weighted by atomic mass is 9.83. The standard InChI is InChI=1S/C15H21N3O4/c1-4-7-16-12(19)17(8-5-2)14(21)18(13(16)20)9-15(6-3)10-22-11-15/h4-5H,1-2,6-11H2,3H3. The largest absolute Gasteiger partial charge is 0.380 e. The van der Waals surface area contributed by atoms with Crippen molar-refractivity contribution in [3.63, 3.8) is 0 Å². The van der Waals surface area contributed by atoms with Gasteiger partial charge in [-0.25, -0.2) is 28.1 Å². The number of aromatic nitrogens is 3. The third-order valence-electron chi connectivity index (χ3n) is 4.07. The fourth-order valence-corrected chi connectivity index (χ4v) is 2.52. The van der Waals surface area contributed by atoms with Crippen LogP contribution in [0.15, 0.2) is 39.7 Å². The Labute approximate surface area is 127 Å². The molecule has 0 N–H and O–H groups in total. The molecule has 0 aliphatic carbocycles. The predicted molar refractivity (Wildman–Crippen MR) is 83.2 cm³/mol. The maximum Gasteiger partial charge on any atom is 0.336 e. The summed E-state index contributed by atoms with van der Waals surface area (Å²) in [4.78, 5) is 37.2. The smallest absolute Gasteiger partial charge is 0.336 e. The zero-order valence-electron chi connectivity index (χ0n) is 12.8. The van der Waals surface area contributed by atoms with Crippen LogP contribution in [-0.4, -0.2) is 26.9 Å². The monoisotopic (exact) mass is 307 g/mol. The molecule has 7 nitrogen and oxygen atoms in total. The molecule has 0 atom stereocenters. The molecule has 1 saturated heterocycles. The fourth-order valence-electron chi connectivity index (χ4n) is 2.52. The molecular formula is C15H21N3O4. The number of allylic oxidation sites excluding steroid dienone is 2. The van der Waals surface area contributed by atoms with Gasteiger partial charge in [0.2, 0.25) is 0 Å². The Hall–Kier alpha value is -2.15. The first-order valence-electron chi connectivity index (χ1n) is 7.23. The van der Waals surface area contributed by atoms with Gasteiger partial charge in [-0.1, -0.05) is 19.1 Å². The molecule has 0 amide bonds. The molecule has 22 heavy (non-hydrogen) atoms. The summed E-state index contributed by atoms with van der Waals surface area (Å²) in [5, 5.41) is 0. The van der Waals surface area contributed by atoms with Crippen molar-refractivity contribution < 1.29 is 4.74 Å². The van der Waals surface area contributed by atoms with E-state index in [4.69, 9.17) is 4.74 Å². The lowest BCUT2D eigenvalue weighted by Crippen LogP contribution is -2.58. The topological polar surface area (TPSA) is 75.2 Å². The second kappa shape index (κ2) is 6.31. The van der Waals surface area contributed by atoms with E-state index >= 15 is 0 Å². The Morgan fingerprint density at radius 1 is 1.00 bits per heavy atom. The molecule has 0 aromatic carbocycles. The van der Waals surface area contributed by atoms with Gasteiger partial charge in [0.15, 0.2) is 0 Å². The van der Waals surface area contributed by atoms with Crippen molar-refractivity contribution in [3.8, 4) is 0 Å². The van der Waals surface area contributed by atoms with Crippen molar-refractivity contribution in [3.05, 3.63) is 56.8 Å². The molecule has 0 bridgehead atoms. The molecule has 0 spiro atoms. The first kappa shape index (κ1) is 16.2. The van der Waals surface area contributed by atoms with Gasteiger partial charge in [-0.05, 0) is 6.42 Å². The summed E-state index contributed by atoms with van der Waals surface area (Å²) < 4.78 is 8.39. The molecule has 0 radical (unpaired) electrons. The second-order valence-corrected chi connectivity index (χ2v) is 5.58. The molecule has 0 unspecified atom stereocenters. The summed E-state index contributed by atoms with van der Waals surface area (Å²) in [5.41, 5.74) is -2.06. The van der Waals surface area contributed by atoms with Crippen LogP contribution in [0.5, 0.6) is 0 Å². The van der Waals surface area contributed by atoms with Gasteiger partial charge >= 0.3 is 17.1 Å². The first-order valence-corrected chi connectivity index (χ1v) is 7.23. The highest BCUT2D eigenvalue weighted by Gasteiger charge is 2.38. The van der Waals surface area contributed by atoms with Crippen molar-refractivity contribution in [2.24, 2.45) is 5.41 Å². The number of rotatable bonds is 7. The van der Waals surface area contributed by atoms with Crippen molar-refractivity contribution in [2.45, 2.75) is 33.0 Å². The minimum Gasteiger partial charge on any atom is -0.380 e. The Morgan fingerprint density at radius 2 is 1.45 bits per heavy atom. The van der Waals surface area contributed by atoms with Crippen molar-refractivity contribution >= 4 is 0 Å². The van der Waals surface area contributed by atoms with E-state index in [1.165, 1.54) is 12.2 Å². The number of nitrogens with zero attached hydrogens (tertiary/aromatic N) is 3. The van der Waals surface area contributed by atoms with Crippen LogP contribution in [0.25, 0.3) is 0 Å². The van der Waals surface area contributed by atoms with Crippen LogP contribution in [-0.2, 0) is 24.4 Å². The molecule has 2 rings (SSSR count). The van der Waals surface area contributed by atoms with Gasteiger partial charge in [-0.15, -0.1) is 13.2 Å². The van der Waals surface area contributed by atoms with E-state index in [9.17, 15) is 14.4 Å². The minimum atomic E-state index is -0.638. The van der Waals surface area contributed by atoms with Gasteiger partial charge in [-0.2, -0.15) is 0 Å². The Bertz CT molecular complexity index is 696. The lowest BCUT2D eigenvalue weighted by Gasteiger charge is -2.40. The molecule has 1 aliphatic rings. The average molecular weight is 307 g/mol. The predicted octanol–water partition coefficient (Wildman–Crippen LogP) is -0.0297. The highest BCUT2D eigenvalue weighted by molar-refractivity contribution is 4.90. The number of hydrogen-bond acceptors (Lipinski definition) is 4. The Kier molecular flexibility index (Phi) is 4.65. The van der Waals surface area contributed by atoms with Gasteiger partial charge in [0.05, 0.1) is 26.3 Å². The Balaban J connectivity index is 2.64. The second-order valence-electron chi connectivity index (χ2n) is 5.58. The first-order chi connectivity index (χ1) is 10.5. The third-order valence-corrected chi connectivity index (χ3v) is 4.07. The van der Waals surface area contributed by atoms with Gasteiger partial charge in [0, 0.05) is 12.0 Å².